The average Bonchev–Trinajstić information content (AvgIpc) is 3.53. The Kier molecular flexibility index (Phi) is 16.4. The summed E-state index contributed by atoms with van der Waals surface area (Å²) in [5.74, 6) is 0.876. The number of carbonyl (C=O) groups excluding carboxylic acids is 1. The second kappa shape index (κ2) is 21.3. The minimum Gasteiger partial charge on any atom is -0.494 e. The minimum atomic E-state index is -6.13. The van der Waals surface area contributed by atoms with Crippen molar-refractivity contribution in [2.45, 2.75) is 62.9 Å². The first-order valence-electron chi connectivity index (χ1n) is 22.0. The molecule has 0 radical (unpaired) electrons. The predicted molar refractivity (Wildman–Crippen MR) is 236 cm³/mol. The van der Waals surface area contributed by atoms with Crippen molar-refractivity contribution in [1.29, 1.82) is 0 Å². The molecular formula is C51H30BF24NO2. The third-order valence-corrected chi connectivity index (χ3v) is 12.0. The lowest BCUT2D eigenvalue weighted by molar-refractivity contribution is -0.681. The number of halogens is 24. The molecule has 7 rings (SSSR count). The van der Waals surface area contributed by atoms with Crippen LogP contribution in [0, 0.1) is 0 Å². The van der Waals surface area contributed by atoms with E-state index in [-0.39, 0.29) is 5.78 Å². The van der Waals surface area contributed by atoms with Gasteiger partial charge in [0.1, 0.15) is 11.9 Å². The SMILES string of the molecule is CCOc1ccc(C(=O)C[n+]2ccc3ccccc3c2)cc1.FC(F)(F)c1cc([B-](c2cc(C(F)(F)F)cc(C(F)(F)F)c2)(c2cc(C(F)(F)F)cc(C(F)(F)F)c2)c2cc(C(F)(F)F)cc(C(F)(F)F)c2)cc(C(F)(F)F)c1. The number of nitrogens with zero attached hydrogens (tertiary/aromatic N) is 1. The summed E-state index contributed by atoms with van der Waals surface area (Å²) in [5.41, 5.74) is -29.5. The van der Waals surface area contributed by atoms with E-state index in [1.807, 2.05) is 72.4 Å². The van der Waals surface area contributed by atoms with Crippen molar-refractivity contribution in [3.05, 3.63) is 190 Å². The highest BCUT2D eigenvalue weighted by molar-refractivity contribution is 7.20. The Balaban J connectivity index is 0.000000378. The number of benzene rings is 6. The largest absolute Gasteiger partial charge is 0.494 e. The third kappa shape index (κ3) is 14.1. The maximum Gasteiger partial charge on any atom is 0.416 e. The van der Waals surface area contributed by atoms with E-state index in [1.54, 1.807) is 0 Å². The first-order chi connectivity index (χ1) is 36.0. The van der Waals surface area contributed by atoms with Crippen LogP contribution in [-0.2, 0) is 56.0 Å². The summed E-state index contributed by atoms with van der Waals surface area (Å²) < 4.78 is 348. The van der Waals surface area contributed by atoms with Crippen LogP contribution in [0.1, 0.15) is 61.8 Å². The van der Waals surface area contributed by atoms with Gasteiger partial charge in [0.25, 0.3) is 0 Å². The second-order valence-corrected chi connectivity index (χ2v) is 17.3. The standard InChI is InChI=1S/C32H12BF24.C19H18NO2/c34-25(35,36)13-1-14(26(37,38)39)6-21(5-13)33(22-7-15(27(40,41)42)2-16(8-22)28(43,44)45,23-9-17(29(46,47)48)3-18(10-23)30(49,50)51)24-11-19(31(52,53)54)4-20(12-24)32(55,56)57;1-2-22-18-9-7-16(8-10-18)19(21)14-20-12-11-15-5-3-4-6-17(15)13-20/h1-12H;3-13H,2,14H2,1H3/q-1;+1. The quantitative estimate of drug-likeness (QED) is 0.0624. The van der Waals surface area contributed by atoms with E-state index < -0.39 is 195 Å². The van der Waals surface area contributed by atoms with Gasteiger partial charge in [0.2, 0.25) is 12.3 Å². The van der Waals surface area contributed by atoms with Gasteiger partial charge in [-0.15, -0.1) is 0 Å². The number of hydrogen-bond donors (Lipinski definition) is 0. The van der Waals surface area contributed by atoms with Gasteiger partial charge in [-0.2, -0.15) is 132 Å². The number of rotatable bonds is 9. The Bertz CT molecular complexity index is 2910. The van der Waals surface area contributed by atoms with Crippen LogP contribution in [0.25, 0.3) is 10.8 Å². The maximum atomic E-state index is 14.2. The van der Waals surface area contributed by atoms with Gasteiger partial charge in [0.05, 0.1) is 51.1 Å². The van der Waals surface area contributed by atoms with Gasteiger partial charge in [0, 0.05) is 17.0 Å². The normalized spacial score (nSPS) is 13.3. The topological polar surface area (TPSA) is 30.2 Å². The first kappa shape index (κ1) is 60.8. The first-order valence-corrected chi connectivity index (χ1v) is 22.0. The zero-order valence-electron chi connectivity index (χ0n) is 39.1. The lowest BCUT2D eigenvalue weighted by Crippen LogP contribution is -2.75. The number of Topliss-reactive ketones (excluding diaryl/α,β-unsaturated/α-hetero) is 1. The molecule has 3 nitrogen and oxygen atoms in total. The summed E-state index contributed by atoms with van der Waals surface area (Å²) in [6.45, 7) is 2.90. The number of hydrogen-bond acceptors (Lipinski definition) is 2. The highest BCUT2D eigenvalue weighted by atomic mass is 19.4. The summed E-state index contributed by atoms with van der Waals surface area (Å²) in [6.07, 6.45) is -50.9. The number of carbonyl (C=O) groups is 1. The average molecular weight is 1160 g/mol. The van der Waals surface area contributed by atoms with Crippen molar-refractivity contribution in [3.8, 4) is 5.75 Å². The molecule has 0 spiro atoms. The van der Waals surface area contributed by atoms with Crippen molar-refractivity contribution in [2.75, 3.05) is 6.61 Å². The zero-order valence-corrected chi connectivity index (χ0v) is 39.1. The van der Waals surface area contributed by atoms with Crippen molar-refractivity contribution < 1.29 is 119 Å². The summed E-state index contributed by atoms with van der Waals surface area (Å²) in [5, 5.41) is 2.30. The molecule has 0 aliphatic rings. The smallest absolute Gasteiger partial charge is 0.416 e. The number of ketones is 1. The lowest BCUT2D eigenvalue weighted by Gasteiger charge is -2.46. The van der Waals surface area contributed by atoms with Crippen LogP contribution < -0.4 is 31.2 Å². The van der Waals surface area contributed by atoms with Gasteiger partial charge in [-0.25, -0.2) is 0 Å². The Morgan fingerprint density at radius 1 is 0.392 bits per heavy atom. The number of fused-ring (bicyclic) bond motifs is 1. The molecule has 0 fully saturated rings. The Morgan fingerprint density at radius 2 is 0.671 bits per heavy atom. The van der Waals surface area contributed by atoms with Gasteiger partial charge in [-0.1, -0.05) is 66.7 Å². The van der Waals surface area contributed by atoms with E-state index in [9.17, 15) is 110 Å². The Morgan fingerprint density at radius 3 is 0.937 bits per heavy atom. The van der Waals surface area contributed by atoms with Crippen LogP contribution in [-0.4, -0.2) is 18.5 Å². The molecule has 422 valence electrons. The molecule has 7 aromatic rings. The molecule has 0 aliphatic carbocycles. The van der Waals surface area contributed by atoms with Gasteiger partial charge in [-0.05, 0) is 66.9 Å². The number of alkyl halides is 24. The molecule has 0 unspecified atom stereocenters. The van der Waals surface area contributed by atoms with Crippen LogP contribution in [0.2, 0.25) is 0 Å². The van der Waals surface area contributed by atoms with Crippen molar-refractivity contribution in [3.63, 3.8) is 0 Å². The summed E-state index contributed by atoms with van der Waals surface area (Å²) in [4.78, 5) is 12.4. The van der Waals surface area contributed by atoms with Crippen molar-refractivity contribution in [1.82, 2.24) is 0 Å². The van der Waals surface area contributed by atoms with Crippen LogP contribution in [0.4, 0.5) is 105 Å². The van der Waals surface area contributed by atoms with E-state index in [0.717, 1.165) is 11.1 Å². The molecule has 1 aromatic heterocycles. The molecule has 79 heavy (non-hydrogen) atoms. The second-order valence-electron chi connectivity index (χ2n) is 17.3. The molecule has 0 aliphatic heterocycles. The van der Waals surface area contributed by atoms with Gasteiger partial charge >= 0.3 is 49.4 Å². The molecule has 0 saturated carbocycles. The van der Waals surface area contributed by atoms with E-state index in [0.29, 0.717) is 18.7 Å². The van der Waals surface area contributed by atoms with Gasteiger partial charge < -0.3 is 4.74 Å². The molecule has 28 heteroatoms. The molecule has 0 atom stereocenters. The number of ether oxygens (including phenoxy) is 1. The highest BCUT2D eigenvalue weighted by Crippen LogP contribution is 2.41. The summed E-state index contributed by atoms with van der Waals surface area (Å²) >= 11 is 0. The molecule has 1 heterocycles. The van der Waals surface area contributed by atoms with Crippen LogP contribution in [0.15, 0.2) is 140 Å². The monoisotopic (exact) mass is 1160 g/mol. The van der Waals surface area contributed by atoms with E-state index >= 15 is 0 Å². The minimum absolute atomic E-state index is 0.0864. The van der Waals surface area contributed by atoms with Gasteiger partial charge in [0.15, 0.2) is 12.4 Å². The molecule has 0 bridgehead atoms. The van der Waals surface area contributed by atoms with E-state index in [1.165, 1.54) is 5.39 Å². The number of aromatic nitrogens is 1. The van der Waals surface area contributed by atoms with Gasteiger partial charge in [-0.3, -0.25) is 4.79 Å². The summed E-state index contributed by atoms with van der Waals surface area (Å²) in [7, 11) is 0. The van der Waals surface area contributed by atoms with E-state index in [2.05, 4.69) is 6.07 Å². The maximum absolute atomic E-state index is 14.2. The van der Waals surface area contributed by atoms with Crippen molar-refractivity contribution >= 4 is 44.6 Å². The van der Waals surface area contributed by atoms with E-state index in [4.69, 9.17) is 4.74 Å². The Hall–Kier alpha value is -7.42. The molecule has 0 amide bonds. The van der Waals surface area contributed by atoms with Crippen LogP contribution >= 0.6 is 0 Å². The van der Waals surface area contributed by atoms with Crippen LogP contribution in [0.3, 0.4) is 0 Å². The molecule has 0 saturated heterocycles. The Labute approximate surface area is 428 Å². The fourth-order valence-electron chi connectivity index (χ4n) is 8.51. The molecular weight excluding hydrogens is 1130 g/mol. The molecule has 6 aromatic carbocycles. The third-order valence-electron chi connectivity index (χ3n) is 12.0. The number of pyridine rings is 1. The highest BCUT2D eigenvalue weighted by Gasteiger charge is 2.47. The zero-order chi connectivity index (χ0) is 59.3. The predicted octanol–water partition coefficient (Wildman–Crippen LogP) is 14.6. The lowest BCUT2D eigenvalue weighted by atomic mass is 9.12. The summed E-state index contributed by atoms with van der Waals surface area (Å²) in [6, 6.07) is 8.64. The van der Waals surface area contributed by atoms with Crippen LogP contribution in [0.5, 0.6) is 5.75 Å². The fraction of sp³-hybridized carbons (Fsp3) is 0.216. The fourth-order valence-corrected chi connectivity index (χ4v) is 8.51. The molecule has 0 N–H and O–H groups in total. The van der Waals surface area contributed by atoms with Crippen molar-refractivity contribution in [2.24, 2.45) is 0 Å².